The minimum atomic E-state index is -3.55. The van der Waals surface area contributed by atoms with E-state index in [2.05, 4.69) is 4.72 Å². The molecule has 1 aromatic rings. The van der Waals surface area contributed by atoms with Gasteiger partial charge < -0.3 is 9.31 Å². The summed E-state index contributed by atoms with van der Waals surface area (Å²) in [7, 11) is -4.12. The van der Waals surface area contributed by atoms with Crippen LogP contribution in [-0.4, -0.2) is 33.3 Å². The standard InChI is InChI=1S/C17H28BNO4S/c1-12(2)11-19-24(20,21)15-9-13(3)8-14(10-15)18-22-16(4,5)17(6,7)23-18/h8-10,12,19H,11H2,1-7H3. The second-order valence-corrected chi connectivity index (χ2v) is 9.68. The summed E-state index contributed by atoms with van der Waals surface area (Å²) in [4.78, 5) is 0.243. The number of aryl methyl sites for hydroxylation is 1. The summed E-state index contributed by atoms with van der Waals surface area (Å²) in [6.45, 7) is 14.1. The molecule has 7 heteroatoms. The molecule has 1 heterocycles. The van der Waals surface area contributed by atoms with Gasteiger partial charge in [-0.2, -0.15) is 0 Å². The van der Waals surface area contributed by atoms with Crippen molar-refractivity contribution in [2.75, 3.05) is 6.54 Å². The van der Waals surface area contributed by atoms with Gasteiger partial charge in [0, 0.05) is 6.54 Å². The molecule has 0 aliphatic carbocycles. The molecule has 0 radical (unpaired) electrons. The monoisotopic (exact) mass is 353 g/mol. The van der Waals surface area contributed by atoms with E-state index < -0.39 is 28.3 Å². The van der Waals surface area contributed by atoms with Crippen LogP contribution in [0.25, 0.3) is 0 Å². The normalized spacial score (nSPS) is 19.9. The first-order chi connectivity index (χ1) is 10.8. The van der Waals surface area contributed by atoms with Crippen LogP contribution < -0.4 is 10.2 Å². The van der Waals surface area contributed by atoms with Crippen molar-refractivity contribution in [3.8, 4) is 0 Å². The molecule has 1 aliphatic heterocycles. The Morgan fingerprint density at radius 2 is 1.62 bits per heavy atom. The molecule has 0 spiro atoms. The lowest BCUT2D eigenvalue weighted by molar-refractivity contribution is 0.00578. The molecule has 5 nitrogen and oxygen atoms in total. The first-order valence-corrected chi connectivity index (χ1v) is 9.79. The van der Waals surface area contributed by atoms with Gasteiger partial charge in [-0.05, 0) is 58.1 Å². The zero-order valence-corrected chi connectivity index (χ0v) is 16.5. The second-order valence-electron chi connectivity index (χ2n) is 7.91. The highest BCUT2D eigenvalue weighted by Crippen LogP contribution is 2.36. The molecule has 0 bridgehead atoms. The number of sulfonamides is 1. The van der Waals surface area contributed by atoms with E-state index in [0.717, 1.165) is 11.0 Å². The highest BCUT2D eigenvalue weighted by Gasteiger charge is 2.51. The van der Waals surface area contributed by atoms with Gasteiger partial charge >= 0.3 is 7.12 Å². The van der Waals surface area contributed by atoms with E-state index in [1.54, 1.807) is 12.1 Å². The van der Waals surface area contributed by atoms with E-state index in [1.165, 1.54) is 0 Å². The van der Waals surface area contributed by atoms with Crippen LogP contribution in [0.15, 0.2) is 23.1 Å². The number of hydrogen-bond acceptors (Lipinski definition) is 4. The summed E-state index contributed by atoms with van der Waals surface area (Å²) in [5.74, 6) is 0.243. The van der Waals surface area contributed by atoms with Crippen molar-refractivity contribution in [1.82, 2.24) is 4.72 Å². The Bertz CT molecular complexity index is 697. The second kappa shape index (κ2) is 6.44. The summed E-state index contributed by atoms with van der Waals surface area (Å²) >= 11 is 0. The zero-order chi connectivity index (χ0) is 18.3. The van der Waals surface area contributed by atoms with Crippen molar-refractivity contribution in [3.05, 3.63) is 23.8 Å². The largest absolute Gasteiger partial charge is 0.494 e. The highest BCUT2D eigenvalue weighted by atomic mass is 32.2. The van der Waals surface area contributed by atoms with E-state index in [1.807, 2.05) is 54.5 Å². The third kappa shape index (κ3) is 4.02. The van der Waals surface area contributed by atoms with Crippen molar-refractivity contribution in [3.63, 3.8) is 0 Å². The Labute approximate surface area is 146 Å². The van der Waals surface area contributed by atoms with Crippen LogP contribution in [0.5, 0.6) is 0 Å². The minimum absolute atomic E-state index is 0.243. The van der Waals surface area contributed by atoms with E-state index in [0.29, 0.717) is 6.54 Å². The van der Waals surface area contributed by atoms with Gasteiger partial charge in [0.2, 0.25) is 10.0 Å². The molecular weight excluding hydrogens is 325 g/mol. The minimum Gasteiger partial charge on any atom is -0.399 e. The van der Waals surface area contributed by atoms with Crippen LogP contribution in [0.3, 0.4) is 0 Å². The van der Waals surface area contributed by atoms with Crippen molar-refractivity contribution < 1.29 is 17.7 Å². The molecule has 0 saturated carbocycles. The Balaban J connectivity index is 2.34. The van der Waals surface area contributed by atoms with E-state index in [4.69, 9.17) is 9.31 Å². The Morgan fingerprint density at radius 1 is 1.08 bits per heavy atom. The highest BCUT2D eigenvalue weighted by molar-refractivity contribution is 7.89. The van der Waals surface area contributed by atoms with Gasteiger partial charge in [-0.1, -0.05) is 25.5 Å². The van der Waals surface area contributed by atoms with Gasteiger partial charge in [-0.3, -0.25) is 0 Å². The molecule has 1 N–H and O–H groups in total. The van der Waals surface area contributed by atoms with Crippen LogP contribution in [-0.2, 0) is 19.3 Å². The predicted molar refractivity (Wildman–Crippen MR) is 96.9 cm³/mol. The molecule has 1 fully saturated rings. The van der Waals surface area contributed by atoms with Crippen LogP contribution in [0.4, 0.5) is 0 Å². The first kappa shape index (κ1) is 19.4. The fourth-order valence-electron chi connectivity index (χ4n) is 2.41. The molecule has 0 atom stereocenters. The molecule has 0 aromatic heterocycles. The average molecular weight is 353 g/mol. The number of benzene rings is 1. The molecule has 134 valence electrons. The van der Waals surface area contributed by atoms with Crippen LogP contribution in [0, 0.1) is 12.8 Å². The quantitative estimate of drug-likeness (QED) is 0.825. The molecule has 24 heavy (non-hydrogen) atoms. The van der Waals surface area contributed by atoms with Gasteiger partial charge in [-0.15, -0.1) is 0 Å². The lowest BCUT2D eigenvalue weighted by Gasteiger charge is -2.32. The summed E-state index contributed by atoms with van der Waals surface area (Å²) in [6.07, 6.45) is 0. The molecule has 1 aromatic carbocycles. The number of rotatable bonds is 5. The van der Waals surface area contributed by atoms with Crippen LogP contribution >= 0.6 is 0 Å². The van der Waals surface area contributed by atoms with Gasteiger partial charge in [0.25, 0.3) is 0 Å². The fraction of sp³-hybridized carbons (Fsp3) is 0.647. The van der Waals surface area contributed by atoms with E-state index in [9.17, 15) is 8.42 Å². The number of nitrogens with one attached hydrogen (secondary N) is 1. The zero-order valence-electron chi connectivity index (χ0n) is 15.6. The van der Waals surface area contributed by atoms with E-state index in [-0.39, 0.29) is 10.8 Å². The smallest absolute Gasteiger partial charge is 0.399 e. The SMILES string of the molecule is Cc1cc(B2OC(C)(C)C(C)(C)O2)cc(S(=O)(=O)NCC(C)C)c1. The Morgan fingerprint density at radius 3 is 2.12 bits per heavy atom. The lowest BCUT2D eigenvalue weighted by atomic mass is 9.78. The molecule has 2 rings (SSSR count). The van der Waals surface area contributed by atoms with Crippen molar-refractivity contribution >= 4 is 22.6 Å². The lowest BCUT2D eigenvalue weighted by Crippen LogP contribution is -2.41. The predicted octanol–water partition coefficient (Wildman–Crippen LogP) is 2.23. The van der Waals surface area contributed by atoms with E-state index >= 15 is 0 Å². The summed E-state index contributed by atoms with van der Waals surface area (Å²) in [5.41, 5.74) is 0.651. The summed E-state index contributed by atoms with van der Waals surface area (Å²) in [6, 6.07) is 5.21. The molecule has 0 amide bonds. The van der Waals surface area contributed by atoms with Gasteiger partial charge in [0.15, 0.2) is 0 Å². The molecule has 1 aliphatic rings. The molecule has 1 saturated heterocycles. The summed E-state index contributed by atoms with van der Waals surface area (Å²) in [5, 5.41) is 0. The first-order valence-electron chi connectivity index (χ1n) is 8.31. The third-order valence-corrected chi connectivity index (χ3v) is 5.99. The van der Waals surface area contributed by atoms with Crippen LogP contribution in [0.1, 0.15) is 47.1 Å². The van der Waals surface area contributed by atoms with Crippen LogP contribution in [0.2, 0.25) is 0 Å². The number of hydrogen-bond donors (Lipinski definition) is 1. The Kier molecular flexibility index (Phi) is 5.22. The van der Waals surface area contributed by atoms with Gasteiger partial charge in [-0.25, -0.2) is 13.1 Å². The van der Waals surface area contributed by atoms with Gasteiger partial charge in [0.05, 0.1) is 16.1 Å². The molecule has 0 unspecified atom stereocenters. The third-order valence-electron chi connectivity index (χ3n) is 4.59. The van der Waals surface area contributed by atoms with Crippen molar-refractivity contribution in [1.29, 1.82) is 0 Å². The van der Waals surface area contributed by atoms with Crippen molar-refractivity contribution in [2.24, 2.45) is 5.92 Å². The molecular formula is C17H28BNO4S. The maximum absolute atomic E-state index is 12.5. The average Bonchev–Trinajstić information content (AvgIpc) is 2.65. The van der Waals surface area contributed by atoms with Gasteiger partial charge in [0.1, 0.15) is 0 Å². The topological polar surface area (TPSA) is 64.6 Å². The maximum Gasteiger partial charge on any atom is 0.494 e. The Hall–Kier alpha value is -0.885. The summed E-state index contributed by atoms with van der Waals surface area (Å²) < 4.78 is 39.7. The van der Waals surface area contributed by atoms with Crippen molar-refractivity contribution in [2.45, 2.75) is 64.6 Å². The maximum atomic E-state index is 12.5. The fourth-order valence-corrected chi connectivity index (χ4v) is 3.76.